The van der Waals surface area contributed by atoms with Crippen molar-refractivity contribution in [1.82, 2.24) is 9.88 Å². The van der Waals surface area contributed by atoms with E-state index in [1.807, 2.05) is 48.2 Å². The van der Waals surface area contributed by atoms with Crippen molar-refractivity contribution in [3.8, 4) is 5.75 Å². The van der Waals surface area contributed by atoms with Gasteiger partial charge in [-0.3, -0.25) is 4.79 Å². The minimum atomic E-state index is 0.0963. The highest BCUT2D eigenvalue weighted by atomic mass is 32.1. The van der Waals surface area contributed by atoms with Gasteiger partial charge in [-0.05, 0) is 24.6 Å². The predicted octanol–water partition coefficient (Wildman–Crippen LogP) is 4.01. The molecule has 1 saturated heterocycles. The average molecular weight is 408 g/mol. The number of anilines is 1. The van der Waals surface area contributed by atoms with Gasteiger partial charge in [0, 0.05) is 32.6 Å². The molecule has 0 bridgehead atoms. The number of aromatic nitrogens is 1. The molecule has 6 heteroatoms. The zero-order valence-corrected chi connectivity index (χ0v) is 17.6. The highest BCUT2D eigenvalue weighted by Gasteiger charge is 2.26. The Labute approximate surface area is 175 Å². The van der Waals surface area contributed by atoms with Crippen LogP contribution < -0.4 is 9.64 Å². The molecule has 0 N–H and O–H groups in total. The molecule has 0 radical (unpaired) electrons. The van der Waals surface area contributed by atoms with Crippen LogP contribution in [0.4, 0.5) is 5.69 Å². The summed E-state index contributed by atoms with van der Waals surface area (Å²) in [6.07, 6.45) is 0.765. The van der Waals surface area contributed by atoms with Gasteiger partial charge < -0.3 is 14.5 Å². The normalized spacial score (nSPS) is 14.1. The van der Waals surface area contributed by atoms with Crippen molar-refractivity contribution >= 4 is 22.9 Å². The van der Waals surface area contributed by atoms with Crippen molar-refractivity contribution in [3.05, 3.63) is 75.7 Å². The molecule has 0 atom stereocenters. The number of methoxy groups -OCH3 is 1. The van der Waals surface area contributed by atoms with Crippen molar-refractivity contribution in [2.75, 3.05) is 38.2 Å². The largest absolute Gasteiger partial charge is 0.495 e. The van der Waals surface area contributed by atoms with Crippen molar-refractivity contribution in [2.45, 2.75) is 13.3 Å². The molecular weight excluding hydrogens is 382 g/mol. The van der Waals surface area contributed by atoms with E-state index in [2.05, 4.69) is 28.1 Å². The molecule has 1 amide bonds. The van der Waals surface area contributed by atoms with Gasteiger partial charge in [0.1, 0.15) is 10.6 Å². The topological polar surface area (TPSA) is 45.7 Å². The Morgan fingerprint density at radius 2 is 1.72 bits per heavy atom. The number of benzene rings is 2. The molecule has 2 heterocycles. The number of hydrogen-bond donors (Lipinski definition) is 0. The summed E-state index contributed by atoms with van der Waals surface area (Å²) in [7, 11) is 1.69. The van der Waals surface area contributed by atoms with Crippen molar-refractivity contribution in [1.29, 1.82) is 0 Å². The van der Waals surface area contributed by atoms with Gasteiger partial charge in [0.2, 0.25) is 0 Å². The summed E-state index contributed by atoms with van der Waals surface area (Å²) in [5.74, 6) is 0.968. The van der Waals surface area contributed by atoms with E-state index in [0.29, 0.717) is 13.1 Å². The van der Waals surface area contributed by atoms with E-state index in [0.717, 1.165) is 46.5 Å². The van der Waals surface area contributed by atoms with Crippen LogP contribution in [0, 0.1) is 6.92 Å². The molecule has 0 aliphatic carbocycles. The van der Waals surface area contributed by atoms with Crippen LogP contribution in [0.5, 0.6) is 5.75 Å². The Kier molecular flexibility index (Phi) is 5.81. The Balaban J connectivity index is 1.42. The van der Waals surface area contributed by atoms with E-state index in [9.17, 15) is 4.79 Å². The first-order chi connectivity index (χ1) is 14.2. The number of carbonyl (C=O) groups is 1. The third-order valence-electron chi connectivity index (χ3n) is 5.23. The van der Waals surface area contributed by atoms with Gasteiger partial charge in [0.25, 0.3) is 5.91 Å². The van der Waals surface area contributed by atoms with Crippen molar-refractivity contribution in [3.63, 3.8) is 0 Å². The highest BCUT2D eigenvalue weighted by Crippen LogP contribution is 2.29. The van der Waals surface area contributed by atoms with Crippen LogP contribution in [0.3, 0.4) is 0 Å². The fraction of sp³-hybridized carbons (Fsp3) is 0.304. The molecule has 1 aromatic heterocycles. The van der Waals surface area contributed by atoms with Gasteiger partial charge in [-0.1, -0.05) is 42.5 Å². The lowest BCUT2D eigenvalue weighted by atomic mass is 10.2. The van der Waals surface area contributed by atoms with Crippen LogP contribution >= 0.6 is 11.3 Å². The van der Waals surface area contributed by atoms with E-state index >= 15 is 0 Å². The Hall–Kier alpha value is -2.86. The number of rotatable bonds is 5. The first-order valence-electron chi connectivity index (χ1n) is 9.83. The average Bonchev–Trinajstić information content (AvgIpc) is 3.14. The first-order valence-corrected chi connectivity index (χ1v) is 10.6. The molecule has 3 aromatic rings. The quantitative estimate of drug-likeness (QED) is 0.641. The molecule has 1 aliphatic heterocycles. The smallest absolute Gasteiger partial charge is 0.265 e. The zero-order chi connectivity index (χ0) is 20.2. The third-order valence-corrected chi connectivity index (χ3v) is 6.37. The summed E-state index contributed by atoms with van der Waals surface area (Å²) < 4.78 is 5.48. The molecule has 0 saturated carbocycles. The molecule has 2 aromatic carbocycles. The van der Waals surface area contributed by atoms with Crippen LogP contribution in [0.15, 0.2) is 54.6 Å². The monoisotopic (exact) mass is 407 g/mol. The van der Waals surface area contributed by atoms with Crippen LogP contribution in [0.25, 0.3) is 0 Å². The van der Waals surface area contributed by atoms with Gasteiger partial charge >= 0.3 is 0 Å². The number of thiazole rings is 1. The molecule has 150 valence electrons. The minimum absolute atomic E-state index is 0.0963. The van der Waals surface area contributed by atoms with Crippen LogP contribution in [0.2, 0.25) is 0 Å². The van der Waals surface area contributed by atoms with Gasteiger partial charge in [-0.25, -0.2) is 4.98 Å². The van der Waals surface area contributed by atoms with E-state index in [1.54, 1.807) is 7.11 Å². The predicted molar refractivity (Wildman–Crippen MR) is 117 cm³/mol. The fourth-order valence-electron chi connectivity index (χ4n) is 3.68. The fourth-order valence-corrected chi connectivity index (χ4v) is 4.75. The Morgan fingerprint density at radius 3 is 2.45 bits per heavy atom. The molecule has 1 fully saturated rings. The van der Waals surface area contributed by atoms with E-state index in [4.69, 9.17) is 4.74 Å². The second-order valence-corrected chi connectivity index (χ2v) is 8.22. The zero-order valence-electron chi connectivity index (χ0n) is 16.8. The Morgan fingerprint density at radius 1 is 1.03 bits per heavy atom. The van der Waals surface area contributed by atoms with Gasteiger partial charge in [0.05, 0.1) is 23.5 Å². The third kappa shape index (κ3) is 4.27. The van der Waals surface area contributed by atoms with E-state index < -0.39 is 0 Å². The summed E-state index contributed by atoms with van der Waals surface area (Å²) >= 11 is 1.52. The van der Waals surface area contributed by atoms with Crippen LogP contribution in [-0.2, 0) is 6.42 Å². The number of carbonyl (C=O) groups excluding carboxylic acids is 1. The Bertz CT molecular complexity index is 979. The number of nitrogens with zero attached hydrogens (tertiary/aromatic N) is 3. The number of ether oxygens (including phenoxy) is 1. The van der Waals surface area contributed by atoms with E-state index in [-0.39, 0.29) is 5.91 Å². The van der Waals surface area contributed by atoms with Crippen LogP contribution in [-0.4, -0.2) is 49.1 Å². The summed E-state index contributed by atoms with van der Waals surface area (Å²) in [6, 6.07) is 18.3. The molecular formula is C23H25N3O2S. The number of piperazine rings is 1. The van der Waals surface area contributed by atoms with Crippen molar-refractivity contribution < 1.29 is 9.53 Å². The van der Waals surface area contributed by atoms with Crippen LogP contribution in [0.1, 0.15) is 25.9 Å². The van der Waals surface area contributed by atoms with Gasteiger partial charge in [-0.15, -0.1) is 11.3 Å². The maximum absolute atomic E-state index is 13.1. The van der Waals surface area contributed by atoms with Gasteiger partial charge in [-0.2, -0.15) is 0 Å². The maximum Gasteiger partial charge on any atom is 0.265 e. The molecule has 1 aliphatic rings. The second kappa shape index (κ2) is 8.66. The minimum Gasteiger partial charge on any atom is -0.495 e. The number of amides is 1. The summed E-state index contributed by atoms with van der Waals surface area (Å²) in [6.45, 7) is 4.91. The number of hydrogen-bond acceptors (Lipinski definition) is 5. The van der Waals surface area contributed by atoms with Crippen molar-refractivity contribution in [2.24, 2.45) is 0 Å². The maximum atomic E-state index is 13.1. The lowest BCUT2D eigenvalue weighted by molar-refractivity contribution is 0.0750. The highest BCUT2D eigenvalue weighted by molar-refractivity contribution is 7.13. The molecule has 0 unspecified atom stereocenters. The molecule has 4 rings (SSSR count). The number of para-hydroxylation sites is 2. The lowest BCUT2D eigenvalue weighted by Crippen LogP contribution is -2.48. The summed E-state index contributed by atoms with van der Waals surface area (Å²) in [5, 5.41) is 0.990. The van der Waals surface area contributed by atoms with E-state index in [1.165, 1.54) is 16.9 Å². The molecule has 0 spiro atoms. The number of aryl methyl sites for hydroxylation is 1. The molecule has 5 nitrogen and oxygen atoms in total. The van der Waals surface area contributed by atoms with Gasteiger partial charge in [0.15, 0.2) is 0 Å². The first kappa shape index (κ1) is 19.5. The summed E-state index contributed by atoms with van der Waals surface area (Å²) in [5.41, 5.74) is 3.13. The summed E-state index contributed by atoms with van der Waals surface area (Å²) in [4.78, 5) is 22.7. The SMILES string of the molecule is COc1ccccc1N1CCN(C(=O)c2sc(Cc3ccccc3)nc2C)CC1. The lowest BCUT2D eigenvalue weighted by Gasteiger charge is -2.36. The molecule has 29 heavy (non-hydrogen) atoms. The second-order valence-electron chi connectivity index (χ2n) is 7.14. The standard InChI is InChI=1S/C23H25N3O2S/c1-17-22(29-21(24-17)16-18-8-4-3-5-9-18)23(27)26-14-12-25(13-15-26)19-10-6-7-11-20(19)28-2/h3-11H,12-16H2,1-2H3.